The van der Waals surface area contributed by atoms with Gasteiger partial charge in [-0.15, -0.1) is 0 Å². The van der Waals surface area contributed by atoms with Gasteiger partial charge in [-0.25, -0.2) is 0 Å². The zero-order chi connectivity index (χ0) is 25.1. The second-order valence-electron chi connectivity index (χ2n) is 8.35. The minimum Gasteiger partial charge on any atom is -0.507 e. The zero-order valence-corrected chi connectivity index (χ0v) is 20.5. The van der Waals surface area contributed by atoms with Gasteiger partial charge in [0.2, 0.25) is 0 Å². The van der Waals surface area contributed by atoms with Crippen molar-refractivity contribution < 1.29 is 24.2 Å². The van der Waals surface area contributed by atoms with E-state index in [1.54, 1.807) is 66.7 Å². The molecule has 7 heteroatoms. The van der Waals surface area contributed by atoms with Gasteiger partial charge in [0, 0.05) is 22.3 Å². The summed E-state index contributed by atoms with van der Waals surface area (Å²) in [4.78, 5) is 28.1. The molecule has 0 aliphatic carbocycles. The number of hydrogen-bond donors (Lipinski definition) is 1. The van der Waals surface area contributed by atoms with Crippen LogP contribution in [0.25, 0.3) is 5.76 Å². The van der Waals surface area contributed by atoms with E-state index in [0.29, 0.717) is 39.9 Å². The van der Waals surface area contributed by atoms with Gasteiger partial charge in [0.25, 0.3) is 11.7 Å². The van der Waals surface area contributed by atoms with Gasteiger partial charge in [0.1, 0.15) is 17.3 Å². The molecule has 3 aromatic rings. The maximum atomic E-state index is 13.4. The highest BCUT2D eigenvalue weighted by atomic mass is 35.5. The Kier molecular flexibility index (Phi) is 7.12. The molecule has 1 fully saturated rings. The van der Waals surface area contributed by atoms with Gasteiger partial charge in [-0.3, -0.25) is 14.5 Å². The fourth-order valence-corrected chi connectivity index (χ4v) is 4.22. The highest BCUT2D eigenvalue weighted by Gasteiger charge is 2.47. The van der Waals surface area contributed by atoms with Crippen molar-refractivity contribution >= 4 is 34.7 Å². The lowest BCUT2D eigenvalue weighted by molar-refractivity contribution is -0.132. The third kappa shape index (κ3) is 5.03. The molecule has 1 aliphatic heterocycles. The van der Waals surface area contributed by atoms with Crippen LogP contribution in [0.3, 0.4) is 0 Å². The van der Waals surface area contributed by atoms with Crippen molar-refractivity contribution in [1.29, 1.82) is 0 Å². The van der Waals surface area contributed by atoms with E-state index in [1.807, 2.05) is 26.8 Å². The van der Waals surface area contributed by atoms with Crippen molar-refractivity contribution in [2.24, 2.45) is 0 Å². The first kappa shape index (κ1) is 24.4. The summed E-state index contributed by atoms with van der Waals surface area (Å²) in [6.45, 7) is 6.15. The van der Waals surface area contributed by atoms with Gasteiger partial charge in [-0.1, -0.05) is 29.8 Å². The molecule has 6 nitrogen and oxygen atoms in total. The van der Waals surface area contributed by atoms with Gasteiger partial charge in [0.05, 0.1) is 24.3 Å². The molecule has 0 saturated carbocycles. The molecule has 35 heavy (non-hydrogen) atoms. The Morgan fingerprint density at radius 1 is 1.00 bits per heavy atom. The maximum Gasteiger partial charge on any atom is 0.300 e. The number of ketones is 1. The molecule has 1 aliphatic rings. The summed E-state index contributed by atoms with van der Waals surface area (Å²) in [7, 11) is 0. The number of aliphatic hydroxyl groups excluding tert-OH is 1. The minimum absolute atomic E-state index is 0.0131. The van der Waals surface area contributed by atoms with Crippen LogP contribution in [-0.2, 0) is 9.59 Å². The fourth-order valence-electron chi connectivity index (χ4n) is 4.10. The molecule has 1 heterocycles. The van der Waals surface area contributed by atoms with Gasteiger partial charge in [0.15, 0.2) is 0 Å². The van der Waals surface area contributed by atoms with Gasteiger partial charge >= 0.3 is 0 Å². The van der Waals surface area contributed by atoms with Crippen molar-refractivity contribution in [3.63, 3.8) is 0 Å². The van der Waals surface area contributed by atoms with Crippen LogP contribution in [0.1, 0.15) is 37.9 Å². The summed E-state index contributed by atoms with van der Waals surface area (Å²) < 4.78 is 11.5. The number of carbonyl (C=O) groups excluding carboxylic acids is 2. The summed E-state index contributed by atoms with van der Waals surface area (Å²) in [5.74, 6) is -0.629. The number of benzene rings is 3. The second kappa shape index (κ2) is 10.2. The Morgan fingerprint density at radius 2 is 1.69 bits per heavy atom. The minimum atomic E-state index is -0.877. The highest BCUT2D eigenvalue weighted by Crippen LogP contribution is 2.43. The smallest absolute Gasteiger partial charge is 0.300 e. The van der Waals surface area contributed by atoms with E-state index >= 15 is 0 Å². The van der Waals surface area contributed by atoms with Crippen molar-refractivity contribution in [3.8, 4) is 11.5 Å². The van der Waals surface area contributed by atoms with E-state index in [2.05, 4.69) is 0 Å². The van der Waals surface area contributed by atoms with E-state index in [4.69, 9.17) is 21.1 Å². The fraction of sp³-hybridized carbons (Fsp3) is 0.214. The molecule has 0 spiro atoms. The third-order valence-corrected chi connectivity index (χ3v) is 5.77. The predicted octanol–water partition coefficient (Wildman–Crippen LogP) is 6.15. The molecular weight excluding hydrogens is 466 g/mol. The van der Waals surface area contributed by atoms with Crippen molar-refractivity contribution in [3.05, 3.63) is 94.5 Å². The number of aliphatic hydroxyl groups is 1. The molecule has 0 radical (unpaired) electrons. The van der Waals surface area contributed by atoms with Crippen LogP contribution >= 0.6 is 11.6 Å². The number of rotatable bonds is 7. The van der Waals surface area contributed by atoms with Crippen molar-refractivity contribution in [1.82, 2.24) is 0 Å². The van der Waals surface area contributed by atoms with E-state index in [0.717, 1.165) is 0 Å². The summed E-state index contributed by atoms with van der Waals surface area (Å²) in [6, 6.07) is 19.7. The Labute approximate surface area is 209 Å². The molecular formula is C28H26ClNO5. The Hall–Kier alpha value is -3.77. The molecule has 1 atom stereocenters. The molecule has 1 N–H and O–H groups in total. The first-order valence-electron chi connectivity index (χ1n) is 11.4. The maximum absolute atomic E-state index is 13.4. The van der Waals surface area contributed by atoms with E-state index in [1.165, 1.54) is 4.90 Å². The molecule has 1 amide bonds. The lowest BCUT2D eigenvalue weighted by Crippen LogP contribution is -2.29. The van der Waals surface area contributed by atoms with Crippen LogP contribution in [0.15, 0.2) is 78.4 Å². The number of halogens is 1. The molecule has 0 aromatic heterocycles. The second-order valence-corrected chi connectivity index (χ2v) is 8.78. The Bertz CT molecular complexity index is 1280. The molecule has 180 valence electrons. The molecule has 3 aromatic carbocycles. The average molecular weight is 492 g/mol. The number of Topliss-reactive ketones (excluding diaryl/α,β-unsaturated/α-hetero) is 1. The number of anilines is 1. The molecule has 1 saturated heterocycles. The lowest BCUT2D eigenvalue weighted by Gasteiger charge is -2.26. The number of nitrogens with zero attached hydrogens (tertiary/aromatic N) is 1. The van der Waals surface area contributed by atoms with Crippen LogP contribution in [0.5, 0.6) is 11.5 Å². The summed E-state index contributed by atoms with van der Waals surface area (Å²) in [5.41, 5.74) is 1.48. The van der Waals surface area contributed by atoms with Gasteiger partial charge in [-0.05, 0) is 74.9 Å². The highest BCUT2D eigenvalue weighted by molar-refractivity contribution is 6.51. The molecule has 0 bridgehead atoms. The largest absolute Gasteiger partial charge is 0.507 e. The number of hydrogen-bond acceptors (Lipinski definition) is 5. The first-order valence-corrected chi connectivity index (χ1v) is 11.7. The monoisotopic (exact) mass is 491 g/mol. The molecule has 1 unspecified atom stereocenters. The summed E-state index contributed by atoms with van der Waals surface area (Å²) in [5, 5.41) is 11.7. The van der Waals surface area contributed by atoms with E-state index < -0.39 is 17.7 Å². The van der Waals surface area contributed by atoms with Crippen LogP contribution < -0.4 is 14.4 Å². The zero-order valence-electron chi connectivity index (χ0n) is 19.7. The Balaban J connectivity index is 1.92. The summed E-state index contributed by atoms with van der Waals surface area (Å²) >= 11 is 6.00. The van der Waals surface area contributed by atoms with E-state index in [9.17, 15) is 14.7 Å². The van der Waals surface area contributed by atoms with Gasteiger partial charge in [-0.2, -0.15) is 0 Å². The van der Waals surface area contributed by atoms with Gasteiger partial charge < -0.3 is 14.6 Å². The SMILES string of the molecule is CCOc1cccc(N2C(=O)C(=O)/C(=C(/O)c3ccc(Cl)cc3)C2c2cccc(OC(C)C)c2)c1. The first-order chi connectivity index (χ1) is 16.8. The lowest BCUT2D eigenvalue weighted by atomic mass is 9.95. The number of amides is 1. The predicted molar refractivity (Wildman–Crippen MR) is 136 cm³/mol. The third-order valence-electron chi connectivity index (χ3n) is 5.51. The van der Waals surface area contributed by atoms with Crippen molar-refractivity contribution in [2.75, 3.05) is 11.5 Å². The number of ether oxygens (including phenoxy) is 2. The van der Waals surface area contributed by atoms with Crippen LogP contribution in [0.4, 0.5) is 5.69 Å². The number of carbonyl (C=O) groups is 2. The molecule has 4 rings (SSSR count). The van der Waals surface area contributed by atoms with Crippen LogP contribution in [0, 0.1) is 0 Å². The Morgan fingerprint density at radius 3 is 2.37 bits per heavy atom. The van der Waals surface area contributed by atoms with Crippen LogP contribution in [-0.4, -0.2) is 29.5 Å². The topological polar surface area (TPSA) is 76.1 Å². The quantitative estimate of drug-likeness (QED) is 0.243. The standard InChI is InChI=1S/C28H26ClNO5/c1-4-34-22-9-6-8-21(16-22)30-25(19-7-5-10-23(15-19)35-17(2)3)24(27(32)28(30)33)26(31)18-11-13-20(29)14-12-18/h5-17,25,31H,4H2,1-3H3/b26-24+. The summed E-state index contributed by atoms with van der Waals surface area (Å²) in [6.07, 6.45) is -0.0615. The van der Waals surface area contributed by atoms with E-state index in [-0.39, 0.29) is 17.4 Å². The average Bonchev–Trinajstić information content (AvgIpc) is 3.10. The van der Waals surface area contributed by atoms with Crippen molar-refractivity contribution in [2.45, 2.75) is 32.9 Å². The van der Waals surface area contributed by atoms with Crippen LogP contribution in [0.2, 0.25) is 5.02 Å². The normalized spacial score (nSPS) is 17.2.